The molecule has 1 rings (SSSR count). The van der Waals surface area contributed by atoms with Gasteiger partial charge in [-0.05, 0) is 18.2 Å². The Bertz CT molecular complexity index is 305. The Morgan fingerprint density at radius 2 is 2.42 bits per heavy atom. The van der Waals surface area contributed by atoms with E-state index in [1.807, 2.05) is 12.1 Å². The molecule has 1 amide bonds. The van der Waals surface area contributed by atoms with Crippen LogP contribution in [-0.2, 0) is 4.79 Å². The summed E-state index contributed by atoms with van der Waals surface area (Å²) in [6.07, 6.45) is 8.26. The number of amides is 1. The zero-order valence-electron chi connectivity index (χ0n) is 6.45. The molecule has 0 aromatic carbocycles. The van der Waals surface area contributed by atoms with Gasteiger partial charge in [-0.1, -0.05) is 6.08 Å². The van der Waals surface area contributed by atoms with E-state index in [9.17, 15) is 4.79 Å². The van der Waals surface area contributed by atoms with Gasteiger partial charge in [-0.3, -0.25) is 4.79 Å². The number of carbonyl (C=O) groups excluding carboxylic acids is 1. The first-order valence-electron chi connectivity index (χ1n) is 3.54. The lowest BCUT2D eigenvalue weighted by atomic mass is 10.2. The van der Waals surface area contributed by atoms with Crippen LogP contribution in [0.3, 0.4) is 0 Å². The van der Waals surface area contributed by atoms with E-state index >= 15 is 0 Å². The van der Waals surface area contributed by atoms with Crippen molar-refractivity contribution in [2.75, 3.05) is 0 Å². The van der Waals surface area contributed by atoms with Gasteiger partial charge in [0.2, 0.25) is 6.41 Å². The number of rotatable bonds is 2. The van der Waals surface area contributed by atoms with Crippen LogP contribution in [-0.4, -0.2) is 6.41 Å². The fraction of sp³-hybridized carbons (Fsp3) is 0.111. The first-order valence-corrected chi connectivity index (χ1v) is 3.54. The Kier molecular flexibility index (Phi) is 2.86. The summed E-state index contributed by atoms with van der Waals surface area (Å²) in [5.41, 5.74) is 1.39. The number of nitriles is 1. The predicted molar refractivity (Wildman–Crippen MR) is 44.7 cm³/mol. The van der Waals surface area contributed by atoms with E-state index in [1.54, 1.807) is 18.2 Å². The molecule has 1 aliphatic rings. The molecule has 12 heavy (non-hydrogen) atoms. The highest BCUT2D eigenvalue weighted by Crippen LogP contribution is 2.07. The number of nitrogens with zero attached hydrogens (tertiary/aromatic N) is 1. The predicted octanol–water partition coefficient (Wildman–Crippen LogP) is 1.03. The molecule has 0 saturated heterocycles. The Hall–Kier alpha value is -1.82. The minimum Gasteiger partial charge on any atom is -0.332 e. The number of hydrogen-bond donors (Lipinski definition) is 1. The van der Waals surface area contributed by atoms with Gasteiger partial charge >= 0.3 is 0 Å². The lowest BCUT2D eigenvalue weighted by Gasteiger charge is -1.97. The summed E-state index contributed by atoms with van der Waals surface area (Å²) in [4.78, 5) is 10.1. The molecule has 0 saturated carbocycles. The van der Waals surface area contributed by atoms with Crippen molar-refractivity contribution in [3.63, 3.8) is 0 Å². The van der Waals surface area contributed by atoms with Crippen LogP contribution in [0.4, 0.5) is 0 Å². The van der Waals surface area contributed by atoms with E-state index < -0.39 is 0 Å². The molecule has 0 heterocycles. The van der Waals surface area contributed by atoms with Gasteiger partial charge in [-0.15, -0.1) is 0 Å². The van der Waals surface area contributed by atoms with Crippen LogP contribution in [0.1, 0.15) is 6.42 Å². The minimum absolute atomic E-state index is 0.595. The quantitative estimate of drug-likeness (QED) is 0.613. The van der Waals surface area contributed by atoms with Crippen LogP contribution in [0.2, 0.25) is 0 Å². The Morgan fingerprint density at radius 3 is 3.08 bits per heavy atom. The number of carbonyl (C=O) groups is 1. The lowest BCUT2D eigenvalue weighted by Crippen LogP contribution is -2.08. The van der Waals surface area contributed by atoms with Gasteiger partial charge in [-0.2, -0.15) is 5.26 Å². The molecule has 0 aromatic heterocycles. The van der Waals surface area contributed by atoms with Gasteiger partial charge in [0.15, 0.2) is 0 Å². The monoisotopic (exact) mass is 160 g/mol. The van der Waals surface area contributed by atoms with Crippen LogP contribution < -0.4 is 5.32 Å². The summed E-state index contributed by atoms with van der Waals surface area (Å²) < 4.78 is 0. The highest BCUT2D eigenvalue weighted by atomic mass is 16.1. The van der Waals surface area contributed by atoms with Gasteiger partial charge in [0, 0.05) is 12.1 Å². The molecule has 0 atom stereocenters. The fourth-order valence-corrected chi connectivity index (χ4v) is 0.884. The molecular weight excluding hydrogens is 152 g/mol. The minimum atomic E-state index is 0.595. The molecule has 0 unspecified atom stereocenters. The van der Waals surface area contributed by atoms with Crippen molar-refractivity contribution in [3.05, 3.63) is 35.6 Å². The molecule has 0 aliphatic heterocycles. The molecule has 0 fully saturated rings. The second-order valence-electron chi connectivity index (χ2n) is 2.29. The van der Waals surface area contributed by atoms with Gasteiger partial charge in [0.1, 0.15) is 0 Å². The molecule has 0 radical (unpaired) electrons. The second kappa shape index (κ2) is 4.14. The molecule has 1 aliphatic carbocycles. The van der Waals surface area contributed by atoms with E-state index in [-0.39, 0.29) is 0 Å². The number of hydrogen-bond acceptors (Lipinski definition) is 2. The van der Waals surface area contributed by atoms with Gasteiger partial charge < -0.3 is 5.32 Å². The van der Waals surface area contributed by atoms with E-state index in [1.165, 1.54) is 0 Å². The van der Waals surface area contributed by atoms with E-state index in [4.69, 9.17) is 5.26 Å². The standard InChI is InChI=1S/C9H8N2O/c10-6-8-2-1-3-9(5-4-8)11-7-12/h1-2,4-5,7H,3H2,(H,11,12). The summed E-state index contributed by atoms with van der Waals surface area (Å²) in [6.45, 7) is 0. The van der Waals surface area contributed by atoms with Crippen molar-refractivity contribution in [2.24, 2.45) is 0 Å². The average Bonchev–Trinajstić information content (AvgIpc) is 2.31. The normalized spacial score (nSPS) is 15.2. The topological polar surface area (TPSA) is 52.9 Å². The second-order valence-corrected chi connectivity index (χ2v) is 2.29. The SMILES string of the molecule is N#CC1=CC=C(NC=O)CC=C1. The van der Waals surface area contributed by atoms with E-state index in [0.29, 0.717) is 18.4 Å². The maximum absolute atomic E-state index is 10.1. The van der Waals surface area contributed by atoms with E-state index in [0.717, 1.165) is 5.70 Å². The number of allylic oxidation sites excluding steroid dienone is 5. The average molecular weight is 160 g/mol. The zero-order valence-corrected chi connectivity index (χ0v) is 6.45. The van der Waals surface area contributed by atoms with Crippen molar-refractivity contribution in [1.29, 1.82) is 5.26 Å². The smallest absolute Gasteiger partial charge is 0.211 e. The van der Waals surface area contributed by atoms with Crippen molar-refractivity contribution < 1.29 is 4.79 Å². The molecule has 1 N–H and O–H groups in total. The molecule has 0 spiro atoms. The van der Waals surface area contributed by atoms with Gasteiger partial charge in [0.05, 0.1) is 11.6 Å². The van der Waals surface area contributed by atoms with Crippen LogP contribution in [0, 0.1) is 11.3 Å². The third kappa shape index (κ3) is 2.10. The van der Waals surface area contributed by atoms with E-state index in [2.05, 4.69) is 5.32 Å². The first kappa shape index (κ1) is 8.28. The van der Waals surface area contributed by atoms with Crippen LogP contribution in [0.15, 0.2) is 35.6 Å². The van der Waals surface area contributed by atoms with Crippen molar-refractivity contribution >= 4 is 6.41 Å². The summed E-state index contributed by atoms with van der Waals surface area (Å²) >= 11 is 0. The van der Waals surface area contributed by atoms with Crippen molar-refractivity contribution in [3.8, 4) is 6.07 Å². The molecule has 3 heteroatoms. The first-order chi connectivity index (χ1) is 5.86. The molecule has 0 aromatic rings. The Morgan fingerprint density at radius 1 is 1.58 bits per heavy atom. The molecule has 3 nitrogen and oxygen atoms in total. The molecule has 0 bridgehead atoms. The number of nitrogens with one attached hydrogen (secondary N) is 1. The van der Waals surface area contributed by atoms with Crippen LogP contribution >= 0.6 is 0 Å². The summed E-state index contributed by atoms with van der Waals surface area (Å²) in [6, 6.07) is 2.02. The third-order valence-corrected chi connectivity index (χ3v) is 1.47. The lowest BCUT2D eigenvalue weighted by molar-refractivity contribution is -0.108. The highest BCUT2D eigenvalue weighted by Gasteiger charge is 1.96. The maximum Gasteiger partial charge on any atom is 0.211 e. The Labute approximate surface area is 70.7 Å². The maximum atomic E-state index is 10.1. The van der Waals surface area contributed by atoms with Crippen molar-refractivity contribution in [2.45, 2.75) is 6.42 Å². The highest BCUT2D eigenvalue weighted by molar-refractivity contribution is 5.51. The zero-order chi connectivity index (χ0) is 8.81. The van der Waals surface area contributed by atoms with Crippen molar-refractivity contribution in [1.82, 2.24) is 5.32 Å². The largest absolute Gasteiger partial charge is 0.332 e. The van der Waals surface area contributed by atoms with Gasteiger partial charge in [-0.25, -0.2) is 0 Å². The van der Waals surface area contributed by atoms with Crippen LogP contribution in [0.25, 0.3) is 0 Å². The molecule has 60 valence electrons. The molecular formula is C9H8N2O. The summed E-state index contributed by atoms with van der Waals surface area (Å²) in [7, 11) is 0. The summed E-state index contributed by atoms with van der Waals surface area (Å²) in [5.74, 6) is 0. The fourth-order valence-electron chi connectivity index (χ4n) is 0.884. The Balaban J connectivity index is 2.78. The van der Waals surface area contributed by atoms with Gasteiger partial charge in [0.25, 0.3) is 0 Å². The van der Waals surface area contributed by atoms with Crippen LogP contribution in [0.5, 0.6) is 0 Å². The summed E-state index contributed by atoms with van der Waals surface area (Å²) in [5, 5.41) is 11.1. The third-order valence-electron chi connectivity index (χ3n) is 1.47.